The predicted octanol–water partition coefficient (Wildman–Crippen LogP) is 1.67. The topological polar surface area (TPSA) is 61.2 Å². The number of hydrogen-bond acceptors (Lipinski definition) is 2. The third kappa shape index (κ3) is 2.03. The van der Waals surface area contributed by atoms with Gasteiger partial charge in [0.15, 0.2) is 0 Å². The fraction of sp³-hybridized carbons (Fsp3) is 0.750. The van der Waals surface area contributed by atoms with Crippen molar-refractivity contribution in [3.8, 4) is 0 Å². The Labute approximate surface area is 65.9 Å². The molecule has 3 nitrogen and oxygen atoms in total. The lowest BCUT2D eigenvalue weighted by molar-refractivity contribution is -0.129. The van der Waals surface area contributed by atoms with Crippen molar-refractivity contribution < 1.29 is 9.90 Å². The number of carbonyl (C=O) groups is 1. The maximum Gasteiger partial charge on any atom is 0.349 e. The van der Waals surface area contributed by atoms with Gasteiger partial charge in [0, 0.05) is 5.92 Å². The molecule has 0 aromatic rings. The van der Waals surface area contributed by atoms with Crippen molar-refractivity contribution in [3.05, 3.63) is 0 Å². The highest BCUT2D eigenvalue weighted by Gasteiger charge is 2.22. The van der Waals surface area contributed by atoms with Crippen molar-refractivity contribution in [1.29, 1.82) is 5.41 Å². The summed E-state index contributed by atoms with van der Waals surface area (Å²) >= 11 is 0. The lowest BCUT2D eigenvalue weighted by Gasteiger charge is -2.19. The third-order valence-corrected chi connectivity index (χ3v) is 2.24. The Morgan fingerprint density at radius 2 is 1.82 bits per heavy atom. The molecule has 1 aliphatic rings. The number of rotatable bonds is 2. The first-order valence-corrected chi connectivity index (χ1v) is 4.03. The normalized spacial score (nSPS) is 19.6. The lowest BCUT2D eigenvalue weighted by atomic mass is 9.86. The first-order valence-electron chi connectivity index (χ1n) is 4.03. The van der Waals surface area contributed by atoms with Gasteiger partial charge in [0.25, 0.3) is 0 Å². The molecular weight excluding hydrogens is 142 g/mol. The van der Waals surface area contributed by atoms with Gasteiger partial charge in [-0.15, -0.1) is 0 Å². The summed E-state index contributed by atoms with van der Waals surface area (Å²) < 4.78 is 0. The summed E-state index contributed by atoms with van der Waals surface area (Å²) in [6, 6.07) is 0. The fourth-order valence-electron chi connectivity index (χ4n) is 1.57. The Balaban J connectivity index is 2.45. The minimum Gasteiger partial charge on any atom is -0.477 e. The van der Waals surface area contributed by atoms with E-state index in [2.05, 4.69) is 0 Å². The van der Waals surface area contributed by atoms with E-state index in [1.807, 2.05) is 0 Å². The first kappa shape index (κ1) is 8.24. The Morgan fingerprint density at radius 1 is 1.27 bits per heavy atom. The average molecular weight is 155 g/mol. The van der Waals surface area contributed by atoms with Gasteiger partial charge in [-0.3, -0.25) is 5.41 Å². The summed E-state index contributed by atoms with van der Waals surface area (Å²) in [7, 11) is 0. The molecule has 0 bridgehead atoms. The molecule has 0 atom stereocenters. The van der Waals surface area contributed by atoms with E-state index in [4.69, 9.17) is 10.5 Å². The molecule has 0 heterocycles. The highest BCUT2D eigenvalue weighted by molar-refractivity contribution is 6.35. The molecule has 0 unspecified atom stereocenters. The highest BCUT2D eigenvalue weighted by atomic mass is 16.4. The zero-order valence-electron chi connectivity index (χ0n) is 6.47. The minimum absolute atomic E-state index is 0.0289. The van der Waals surface area contributed by atoms with E-state index in [0.29, 0.717) is 0 Å². The molecule has 0 saturated heterocycles. The molecule has 0 aromatic heterocycles. The van der Waals surface area contributed by atoms with Crippen molar-refractivity contribution in [2.45, 2.75) is 32.1 Å². The van der Waals surface area contributed by atoms with Crippen molar-refractivity contribution >= 4 is 11.7 Å². The van der Waals surface area contributed by atoms with Crippen LogP contribution in [0.15, 0.2) is 0 Å². The Kier molecular flexibility index (Phi) is 2.63. The SMILES string of the molecule is N=C(C(=O)O)C1CCCCC1. The number of aliphatic carboxylic acids is 1. The van der Waals surface area contributed by atoms with Crippen LogP contribution in [0.1, 0.15) is 32.1 Å². The van der Waals surface area contributed by atoms with Gasteiger partial charge in [-0.1, -0.05) is 19.3 Å². The zero-order valence-corrected chi connectivity index (χ0v) is 6.47. The molecule has 11 heavy (non-hydrogen) atoms. The van der Waals surface area contributed by atoms with E-state index in [1.165, 1.54) is 6.42 Å². The molecule has 2 N–H and O–H groups in total. The Hall–Kier alpha value is -0.860. The summed E-state index contributed by atoms with van der Waals surface area (Å²) in [5.74, 6) is -1.02. The molecule has 1 aliphatic carbocycles. The van der Waals surface area contributed by atoms with Crippen LogP contribution in [0.2, 0.25) is 0 Å². The van der Waals surface area contributed by atoms with E-state index in [0.717, 1.165) is 25.7 Å². The van der Waals surface area contributed by atoms with E-state index >= 15 is 0 Å². The van der Waals surface area contributed by atoms with Gasteiger partial charge in [0.05, 0.1) is 0 Å². The van der Waals surface area contributed by atoms with Crippen molar-refractivity contribution in [2.75, 3.05) is 0 Å². The maximum atomic E-state index is 10.4. The molecule has 0 amide bonds. The van der Waals surface area contributed by atoms with Crippen molar-refractivity contribution in [1.82, 2.24) is 0 Å². The zero-order chi connectivity index (χ0) is 8.27. The molecule has 62 valence electrons. The van der Waals surface area contributed by atoms with Gasteiger partial charge in [0.1, 0.15) is 5.71 Å². The smallest absolute Gasteiger partial charge is 0.349 e. The van der Waals surface area contributed by atoms with Gasteiger partial charge < -0.3 is 5.11 Å². The monoisotopic (exact) mass is 155 g/mol. The van der Waals surface area contributed by atoms with Crippen LogP contribution in [0.4, 0.5) is 0 Å². The minimum atomic E-state index is -1.04. The summed E-state index contributed by atoms with van der Waals surface area (Å²) in [6.07, 6.45) is 5.15. The second-order valence-corrected chi connectivity index (χ2v) is 3.05. The van der Waals surface area contributed by atoms with Gasteiger partial charge in [0.2, 0.25) is 0 Å². The molecule has 0 aromatic carbocycles. The van der Waals surface area contributed by atoms with Gasteiger partial charge >= 0.3 is 5.97 Å². The molecule has 3 heteroatoms. The predicted molar refractivity (Wildman–Crippen MR) is 41.9 cm³/mol. The Morgan fingerprint density at radius 3 is 2.27 bits per heavy atom. The van der Waals surface area contributed by atoms with E-state index in [-0.39, 0.29) is 11.6 Å². The second-order valence-electron chi connectivity index (χ2n) is 3.05. The molecule has 0 aliphatic heterocycles. The molecule has 1 saturated carbocycles. The molecular formula is C8H13NO2. The van der Waals surface area contributed by atoms with Crippen molar-refractivity contribution in [3.63, 3.8) is 0 Å². The van der Waals surface area contributed by atoms with E-state index in [1.54, 1.807) is 0 Å². The van der Waals surface area contributed by atoms with E-state index in [9.17, 15) is 4.79 Å². The Bertz CT molecular complexity index is 171. The molecule has 0 radical (unpaired) electrons. The number of hydrogen-bond donors (Lipinski definition) is 2. The number of nitrogens with one attached hydrogen (secondary N) is 1. The molecule has 0 spiro atoms. The van der Waals surface area contributed by atoms with Crippen molar-refractivity contribution in [2.24, 2.45) is 5.92 Å². The third-order valence-electron chi connectivity index (χ3n) is 2.24. The van der Waals surface area contributed by atoms with Crippen LogP contribution in [0.25, 0.3) is 0 Å². The maximum absolute atomic E-state index is 10.4. The highest BCUT2D eigenvalue weighted by Crippen LogP contribution is 2.24. The second kappa shape index (κ2) is 3.51. The first-order chi connectivity index (χ1) is 5.22. The molecule has 1 rings (SSSR count). The average Bonchev–Trinajstić information content (AvgIpc) is 2.05. The van der Waals surface area contributed by atoms with Gasteiger partial charge in [-0.2, -0.15) is 0 Å². The van der Waals surface area contributed by atoms with Crippen LogP contribution in [0.5, 0.6) is 0 Å². The quantitative estimate of drug-likeness (QED) is 0.596. The standard InChI is InChI=1S/C8H13NO2/c9-7(8(10)11)6-4-2-1-3-5-6/h6,9H,1-5H2,(H,10,11). The van der Waals surface area contributed by atoms with Gasteiger partial charge in [-0.05, 0) is 12.8 Å². The lowest BCUT2D eigenvalue weighted by Crippen LogP contribution is -2.24. The largest absolute Gasteiger partial charge is 0.477 e. The summed E-state index contributed by atoms with van der Waals surface area (Å²) in [6.45, 7) is 0. The van der Waals surface area contributed by atoms with Crippen LogP contribution >= 0.6 is 0 Å². The number of carboxylic acids is 1. The van der Waals surface area contributed by atoms with Crippen LogP contribution in [-0.4, -0.2) is 16.8 Å². The van der Waals surface area contributed by atoms with Crippen LogP contribution in [0.3, 0.4) is 0 Å². The summed E-state index contributed by atoms with van der Waals surface area (Å²) in [5, 5.41) is 15.7. The summed E-state index contributed by atoms with van der Waals surface area (Å²) in [4.78, 5) is 10.4. The summed E-state index contributed by atoms with van der Waals surface area (Å²) in [5.41, 5.74) is -0.0929. The van der Waals surface area contributed by atoms with E-state index < -0.39 is 5.97 Å². The fourth-order valence-corrected chi connectivity index (χ4v) is 1.57. The van der Waals surface area contributed by atoms with Crippen LogP contribution < -0.4 is 0 Å². The van der Waals surface area contributed by atoms with Gasteiger partial charge in [-0.25, -0.2) is 4.79 Å². The van der Waals surface area contributed by atoms with Crippen LogP contribution in [0, 0.1) is 11.3 Å². The van der Waals surface area contributed by atoms with Crippen LogP contribution in [-0.2, 0) is 4.79 Å². The molecule has 1 fully saturated rings. The number of carboxylic acid groups (broad SMARTS) is 1.